The molecule has 0 N–H and O–H groups in total. The van der Waals surface area contributed by atoms with E-state index >= 15 is 0 Å². The zero-order chi connectivity index (χ0) is 22.1. The second kappa shape index (κ2) is 8.57. The Balaban J connectivity index is 1.48. The first-order valence-electron chi connectivity index (χ1n) is 10.2. The quantitative estimate of drug-likeness (QED) is 0.465. The number of fused-ring (bicyclic) bond motifs is 1. The Labute approximate surface area is 192 Å². The Morgan fingerprint density at radius 2 is 2.00 bits per heavy atom. The molecule has 0 aliphatic carbocycles. The van der Waals surface area contributed by atoms with Crippen molar-refractivity contribution < 1.29 is 4.79 Å². The third-order valence-electron chi connectivity index (χ3n) is 5.67. The second-order valence-corrected chi connectivity index (χ2v) is 9.21. The van der Waals surface area contributed by atoms with Gasteiger partial charge in [0.05, 0.1) is 22.6 Å². The van der Waals surface area contributed by atoms with E-state index in [-0.39, 0.29) is 17.0 Å². The number of hydrogen-bond donors (Lipinski definition) is 0. The summed E-state index contributed by atoms with van der Waals surface area (Å²) in [7, 11) is 0. The third-order valence-corrected chi connectivity index (χ3v) is 7.26. The van der Waals surface area contributed by atoms with Gasteiger partial charge >= 0.3 is 0 Å². The standard InChI is InChI=1S/C23H19N5O2S2/c24-11-17-21(26-6-8-27(9-7-26)23(30)20-4-2-10-32-20)18-14-31-15-19(18)28(22(17)29)13-16-3-1-5-25-12-16/h1-5,10,12,14-15H,6-9,13H2. The van der Waals surface area contributed by atoms with Crippen molar-refractivity contribution in [3.63, 3.8) is 0 Å². The van der Waals surface area contributed by atoms with Crippen LogP contribution in [0.3, 0.4) is 0 Å². The number of carbonyl (C=O) groups excluding carboxylic acids is 1. The van der Waals surface area contributed by atoms with Crippen molar-refractivity contribution in [2.45, 2.75) is 6.54 Å². The van der Waals surface area contributed by atoms with Crippen LogP contribution in [0.1, 0.15) is 20.8 Å². The lowest BCUT2D eigenvalue weighted by Gasteiger charge is -2.36. The molecular formula is C23H19N5O2S2. The van der Waals surface area contributed by atoms with E-state index in [9.17, 15) is 14.9 Å². The molecule has 0 unspecified atom stereocenters. The molecule has 7 nitrogen and oxygen atoms in total. The summed E-state index contributed by atoms with van der Waals surface area (Å²) in [6.45, 7) is 2.60. The van der Waals surface area contributed by atoms with E-state index in [1.54, 1.807) is 17.0 Å². The zero-order valence-electron chi connectivity index (χ0n) is 17.1. The van der Waals surface area contributed by atoms with Crippen molar-refractivity contribution in [3.05, 3.63) is 79.2 Å². The predicted octanol–water partition coefficient (Wildman–Crippen LogP) is 3.40. The molecule has 0 aromatic carbocycles. The van der Waals surface area contributed by atoms with Crippen molar-refractivity contribution in [1.29, 1.82) is 5.26 Å². The van der Waals surface area contributed by atoms with Crippen molar-refractivity contribution in [2.24, 2.45) is 0 Å². The summed E-state index contributed by atoms with van der Waals surface area (Å²) in [5, 5.41) is 16.7. The van der Waals surface area contributed by atoms with Crippen LogP contribution >= 0.6 is 22.7 Å². The van der Waals surface area contributed by atoms with Crippen LogP contribution in [-0.2, 0) is 6.54 Å². The maximum Gasteiger partial charge on any atom is 0.271 e. The fourth-order valence-electron chi connectivity index (χ4n) is 4.11. The molecule has 0 atom stereocenters. The fraction of sp³-hybridized carbons (Fsp3) is 0.217. The molecular weight excluding hydrogens is 442 g/mol. The summed E-state index contributed by atoms with van der Waals surface area (Å²) in [6.07, 6.45) is 3.42. The van der Waals surface area contributed by atoms with Crippen LogP contribution in [0, 0.1) is 11.3 Å². The summed E-state index contributed by atoms with van der Waals surface area (Å²) < 4.78 is 1.65. The summed E-state index contributed by atoms with van der Waals surface area (Å²) in [6, 6.07) is 9.63. The van der Waals surface area contributed by atoms with Crippen molar-refractivity contribution in [1.82, 2.24) is 14.5 Å². The van der Waals surface area contributed by atoms with Crippen molar-refractivity contribution in [2.75, 3.05) is 31.1 Å². The largest absolute Gasteiger partial charge is 0.366 e. The number of amides is 1. The van der Waals surface area contributed by atoms with Gasteiger partial charge in [0.2, 0.25) is 0 Å². The van der Waals surface area contributed by atoms with Gasteiger partial charge in [0.1, 0.15) is 11.6 Å². The lowest BCUT2D eigenvalue weighted by molar-refractivity contribution is 0.0751. The van der Waals surface area contributed by atoms with Crippen molar-refractivity contribution in [3.8, 4) is 6.07 Å². The third kappa shape index (κ3) is 3.57. The maximum atomic E-state index is 13.3. The average Bonchev–Trinajstić information content (AvgIpc) is 3.53. The number of nitrogens with zero attached hydrogens (tertiary/aromatic N) is 5. The summed E-state index contributed by atoms with van der Waals surface area (Å²) in [5.41, 5.74) is 2.25. The molecule has 5 rings (SSSR count). The topological polar surface area (TPSA) is 82.2 Å². The Kier molecular flexibility index (Phi) is 5.47. The summed E-state index contributed by atoms with van der Waals surface area (Å²) in [5.74, 6) is 0.0349. The highest BCUT2D eigenvalue weighted by atomic mass is 32.1. The van der Waals surface area contributed by atoms with Gasteiger partial charge in [0, 0.05) is 54.7 Å². The number of thiophene rings is 2. The highest BCUT2D eigenvalue weighted by Gasteiger charge is 2.27. The summed E-state index contributed by atoms with van der Waals surface area (Å²) in [4.78, 5) is 34.8. The van der Waals surface area contributed by atoms with Gasteiger partial charge in [-0.1, -0.05) is 12.1 Å². The average molecular weight is 462 g/mol. The number of carbonyl (C=O) groups is 1. The highest BCUT2D eigenvalue weighted by Crippen LogP contribution is 2.32. The van der Waals surface area contributed by atoms with E-state index < -0.39 is 0 Å². The van der Waals surface area contributed by atoms with E-state index in [4.69, 9.17) is 0 Å². The number of rotatable bonds is 4. The maximum absolute atomic E-state index is 13.3. The molecule has 0 radical (unpaired) electrons. The first-order chi connectivity index (χ1) is 15.7. The molecule has 0 spiro atoms. The van der Waals surface area contributed by atoms with Crippen LogP contribution in [0.2, 0.25) is 0 Å². The molecule has 1 fully saturated rings. The van der Waals surface area contributed by atoms with E-state index in [1.807, 2.05) is 45.3 Å². The number of piperazine rings is 1. The molecule has 0 bridgehead atoms. The van der Waals surface area contributed by atoms with Gasteiger partial charge in [-0.25, -0.2) is 0 Å². The smallest absolute Gasteiger partial charge is 0.271 e. The number of aromatic nitrogens is 2. The van der Waals surface area contributed by atoms with Crippen LogP contribution in [-0.4, -0.2) is 46.5 Å². The SMILES string of the molecule is N#Cc1c(N2CCN(C(=O)c3cccs3)CC2)c2cscc2n(Cc2cccnc2)c1=O. The molecule has 1 saturated heterocycles. The Morgan fingerprint density at radius 3 is 2.69 bits per heavy atom. The van der Waals surface area contributed by atoms with Gasteiger partial charge in [-0.15, -0.1) is 22.7 Å². The Morgan fingerprint density at radius 1 is 1.16 bits per heavy atom. The van der Waals surface area contributed by atoms with E-state index in [2.05, 4.69) is 16.0 Å². The highest BCUT2D eigenvalue weighted by molar-refractivity contribution is 7.12. The number of anilines is 1. The number of hydrogen-bond acceptors (Lipinski definition) is 7. The first-order valence-corrected chi connectivity index (χ1v) is 12.0. The van der Waals surface area contributed by atoms with E-state index in [0.29, 0.717) is 38.4 Å². The van der Waals surface area contributed by atoms with E-state index in [1.165, 1.54) is 22.7 Å². The van der Waals surface area contributed by atoms with Gasteiger partial charge in [-0.3, -0.25) is 14.6 Å². The van der Waals surface area contributed by atoms with Gasteiger partial charge in [0.15, 0.2) is 0 Å². The minimum atomic E-state index is -0.297. The number of pyridine rings is 2. The lowest BCUT2D eigenvalue weighted by atomic mass is 10.1. The molecule has 1 aliphatic heterocycles. The summed E-state index contributed by atoms with van der Waals surface area (Å²) >= 11 is 2.95. The molecule has 0 saturated carbocycles. The van der Waals surface area contributed by atoms with Crippen molar-refractivity contribution >= 4 is 45.2 Å². The molecule has 5 heterocycles. The minimum Gasteiger partial charge on any atom is -0.366 e. The molecule has 160 valence electrons. The molecule has 32 heavy (non-hydrogen) atoms. The number of nitriles is 1. The predicted molar refractivity (Wildman–Crippen MR) is 127 cm³/mol. The lowest BCUT2D eigenvalue weighted by Crippen LogP contribution is -2.49. The fourth-order valence-corrected chi connectivity index (χ4v) is 5.62. The van der Waals surface area contributed by atoms with Crippen LogP contribution in [0.15, 0.2) is 57.6 Å². The van der Waals surface area contributed by atoms with Crippen LogP contribution < -0.4 is 10.5 Å². The Hall–Kier alpha value is -3.48. The molecule has 1 aliphatic rings. The van der Waals surface area contributed by atoms with Crippen LogP contribution in [0.4, 0.5) is 5.69 Å². The van der Waals surface area contributed by atoms with Gasteiger partial charge in [-0.2, -0.15) is 5.26 Å². The minimum absolute atomic E-state index is 0.0349. The van der Waals surface area contributed by atoms with Crippen LogP contribution in [0.25, 0.3) is 10.9 Å². The monoisotopic (exact) mass is 461 g/mol. The molecule has 1 amide bonds. The van der Waals surface area contributed by atoms with E-state index in [0.717, 1.165) is 21.3 Å². The van der Waals surface area contributed by atoms with Crippen LogP contribution in [0.5, 0.6) is 0 Å². The second-order valence-electron chi connectivity index (χ2n) is 7.52. The van der Waals surface area contributed by atoms with Gasteiger partial charge in [-0.05, 0) is 23.1 Å². The van der Waals surface area contributed by atoms with Gasteiger partial charge in [0.25, 0.3) is 11.5 Å². The zero-order valence-corrected chi connectivity index (χ0v) is 18.7. The first kappa shape index (κ1) is 20.4. The normalized spacial score (nSPS) is 14.0. The van der Waals surface area contributed by atoms with Gasteiger partial charge < -0.3 is 14.4 Å². The molecule has 4 aromatic rings. The molecule has 4 aromatic heterocycles. The Bertz CT molecular complexity index is 1360. The molecule has 9 heteroatoms.